The van der Waals surface area contributed by atoms with Crippen molar-refractivity contribution in [1.29, 1.82) is 0 Å². The van der Waals surface area contributed by atoms with Gasteiger partial charge in [0.2, 0.25) is 0 Å². The Kier molecular flexibility index (Phi) is 1.63. The van der Waals surface area contributed by atoms with Gasteiger partial charge >= 0.3 is 0 Å². The van der Waals surface area contributed by atoms with Crippen LogP contribution < -0.4 is 0 Å². The fourth-order valence-corrected chi connectivity index (χ4v) is 4.32. The molecule has 1 spiro atoms. The highest BCUT2D eigenvalue weighted by Crippen LogP contribution is 2.46. The highest BCUT2D eigenvalue weighted by molar-refractivity contribution is 5.11. The molecule has 4 aliphatic heterocycles. The van der Waals surface area contributed by atoms with Crippen molar-refractivity contribution in [3.63, 3.8) is 0 Å². The molecule has 1 unspecified atom stereocenters. The largest absolute Gasteiger partial charge is 0.257 e. The maximum absolute atomic E-state index is 2.77. The zero-order valence-corrected chi connectivity index (χ0v) is 9.52. The first-order chi connectivity index (χ1) is 7.37. The number of hydrogen-bond acceptors (Lipinski definition) is 4. The van der Waals surface area contributed by atoms with E-state index in [2.05, 4.69) is 26.5 Å². The van der Waals surface area contributed by atoms with Crippen LogP contribution in [0.3, 0.4) is 0 Å². The third kappa shape index (κ3) is 0.813. The molecule has 4 fully saturated rings. The van der Waals surface area contributed by atoms with E-state index < -0.39 is 0 Å². The molecule has 0 radical (unpaired) electrons. The van der Waals surface area contributed by atoms with Crippen molar-refractivity contribution in [3.05, 3.63) is 0 Å². The Morgan fingerprint density at radius 1 is 0.933 bits per heavy atom. The van der Waals surface area contributed by atoms with E-state index in [0.29, 0.717) is 0 Å². The standard InChI is InChI=1S/C11H20N4/c1-2-10-9-14-6-5-12-3-4-13-7-8-15(10)11(12,13)14/h10H,2-9H2,1H3/t10?,11-/m0/s1. The lowest BCUT2D eigenvalue weighted by Crippen LogP contribution is -2.59. The molecule has 4 aliphatic rings. The summed E-state index contributed by atoms with van der Waals surface area (Å²) in [6.07, 6.45) is 1.31. The van der Waals surface area contributed by atoms with Crippen LogP contribution in [-0.2, 0) is 0 Å². The summed E-state index contributed by atoms with van der Waals surface area (Å²) >= 11 is 0. The first-order valence-corrected chi connectivity index (χ1v) is 6.39. The van der Waals surface area contributed by atoms with Gasteiger partial charge in [0.25, 0.3) is 0 Å². The van der Waals surface area contributed by atoms with Crippen LogP contribution >= 0.6 is 0 Å². The van der Waals surface area contributed by atoms with Crippen molar-refractivity contribution in [2.45, 2.75) is 25.3 Å². The van der Waals surface area contributed by atoms with E-state index >= 15 is 0 Å². The van der Waals surface area contributed by atoms with Crippen molar-refractivity contribution in [2.24, 2.45) is 0 Å². The topological polar surface area (TPSA) is 13.0 Å². The normalized spacial score (nSPS) is 46.6. The Bertz CT molecular complexity index is 284. The predicted octanol–water partition coefficient (Wildman–Crippen LogP) is -0.361. The quantitative estimate of drug-likeness (QED) is 0.583. The highest BCUT2D eigenvalue weighted by Gasteiger charge is 2.66. The smallest absolute Gasteiger partial charge is 0.192 e. The zero-order chi connectivity index (χ0) is 10.0. The lowest BCUT2D eigenvalue weighted by atomic mass is 10.2. The van der Waals surface area contributed by atoms with Crippen molar-refractivity contribution < 1.29 is 0 Å². The molecule has 0 aromatic rings. The molecule has 0 amide bonds. The van der Waals surface area contributed by atoms with Gasteiger partial charge in [-0.2, -0.15) is 0 Å². The van der Waals surface area contributed by atoms with Crippen LogP contribution in [0.15, 0.2) is 0 Å². The van der Waals surface area contributed by atoms with Crippen LogP contribution in [-0.4, -0.2) is 77.4 Å². The van der Waals surface area contributed by atoms with Crippen molar-refractivity contribution in [2.75, 3.05) is 45.8 Å². The maximum Gasteiger partial charge on any atom is 0.192 e. The van der Waals surface area contributed by atoms with Crippen LogP contribution in [0.2, 0.25) is 0 Å². The monoisotopic (exact) mass is 208 g/mol. The summed E-state index contributed by atoms with van der Waals surface area (Å²) in [6.45, 7) is 11.3. The van der Waals surface area contributed by atoms with Gasteiger partial charge in [-0.05, 0) is 6.42 Å². The van der Waals surface area contributed by atoms with Crippen molar-refractivity contribution in [3.8, 4) is 0 Å². The van der Waals surface area contributed by atoms with Gasteiger partial charge in [-0.25, -0.2) is 0 Å². The third-order valence-electron chi connectivity index (χ3n) is 4.89. The Hall–Kier alpha value is -0.160. The minimum absolute atomic E-state index is 0.251. The Morgan fingerprint density at radius 3 is 2.20 bits per heavy atom. The van der Waals surface area contributed by atoms with Crippen LogP contribution in [0.4, 0.5) is 0 Å². The van der Waals surface area contributed by atoms with Gasteiger partial charge in [-0.3, -0.25) is 19.6 Å². The van der Waals surface area contributed by atoms with Gasteiger partial charge in [-0.15, -0.1) is 0 Å². The first-order valence-electron chi connectivity index (χ1n) is 6.39. The summed E-state index contributed by atoms with van der Waals surface area (Å²) in [4.78, 5) is 10.9. The second kappa shape index (κ2) is 2.74. The van der Waals surface area contributed by atoms with Crippen LogP contribution in [0.25, 0.3) is 0 Å². The van der Waals surface area contributed by atoms with E-state index in [1.807, 2.05) is 0 Å². The first kappa shape index (κ1) is 8.93. The lowest BCUT2D eigenvalue weighted by molar-refractivity contribution is -0.101. The molecule has 4 rings (SSSR count). The summed E-state index contributed by atoms with van der Waals surface area (Å²) in [5.74, 6) is 0.251. The molecule has 4 saturated heterocycles. The number of hydrogen-bond donors (Lipinski definition) is 0. The minimum atomic E-state index is 0.251. The van der Waals surface area contributed by atoms with Gasteiger partial charge in [-0.1, -0.05) is 6.92 Å². The average molecular weight is 208 g/mol. The zero-order valence-electron chi connectivity index (χ0n) is 9.52. The molecule has 0 aromatic heterocycles. The predicted molar refractivity (Wildman–Crippen MR) is 58.2 cm³/mol. The molecule has 15 heavy (non-hydrogen) atoms. The molecule has 0 aromatic carbocycles. The fraction of sp³-hybridized carbons (Fsp3) is 1.00. The molecule has 0 aliphatic carbocycles. The van der Waals surface area contributed by atoms with E-state index in [4.69, 9.17) is 0 Å². The molecule has 4 heterocycles. The molecule has 0 bridgehead atoms. The average Bonchev–Trinajstić information content (AvgIpc) is 2.85. The summed E-state index contributed by atoms with van der Waals surface area (Å²) in [5.41, 5.74) is 0. The summed E-state index contributed by atoms with van der Waals surface area (Å²) in [5, 5.41) is 0. The van der Waals surface area contributed by atoms with E-state index in [9.17, 15) is 0 Å². The van der Waals surface area contributed by atoms with E-state index in [1.165, 1.54) is 52.2 Å². The maximum atomic E-state index is 2.77. The summed E-state index contributed by atoms with van der Waals surface area (Å²) < 4.78 is 0. The van der Waals surface area contributed by atoms with Gasteiger partial charge < -0.3 is 0 Å². The van der Waals surface area contributed by atoms with Gasteiger partial charge in [0, 0.05) is 51.9 Å². The van der Waals surface area contributed by atoms with E-state index in [1.54, 1.807) is 0 Å². The Balaban J connectivity index is 1.80. The molecule has 4 heteroatoms. The van der Waals surface area contributed by atoms with E-state index in [0.717, 1.165) is 6.04 Å². The van der Waals surface area contributed by atoms with Crippen LogP contribution in [0.5, 0.6) is 0 Å². The second-order valence-electron chi connectivity index (χ2n) is 5.28. The van der Waals surface area contributed by atoms with Gasteiger partial charge in [0.05, 0.1) is 0 Å². The Morgan fingerprint density at radius 2 is 1.53 bits per heavy atom. The number of nitrogens with zero attached hydrogens (tertiary/aromatic N) is 4. The lowest BCUT2D eigenvalue weighted by Gasteiger charge is -2.40. The van der Waals surface area contributed by atoms with Crippen LogP contribution in [0, 0.1) is 0 Å². The third-order valence-corrected chi connectivity index (χ3v) is 4.89. The van der Waals surface area contributed by atoms with Gasteiger partial charge in [0.15, 0.2) is 5.91 Å². The van der Waals surface area contributed by atoms with E-state index in [-0.39, 0.29) is 5.91 Å². The highest BCUT2D eigenvalue weighted by atomic mass is 15.8. The molecular weight excluding hydrogens is 188 g/mol. The summed E-state index contributed by atoms with van der Waals surface area (Å²) in [7, 11) is 0. The van der Waals surface area contributed by atoms with Crippen LogP contribution in [0.1, 0.15) is 13.3 Å². The number of rotatable bonds is 1. The molecule has 0 saturated carbocycles. The molecule has 0 N–H and O–H groups in total. The van der Waals surface area contributed by atoms with Gasteiger partial charge in [0.1, 0.15) is 0 Å². The van der Waals surface area contributed by atoms with Crippen molar-refractivity contribution in [1.82, 2.24) is 19.6 Å². The molecule has 2 atom stereocenters. The Labute approximate surface area is 91.4 Å². The molecular formula is C11H20N4. The summed E-state index contributed by atoms with van der Waals surface area (Å²) in [6, 6.07) is 0.802. The fourth-order valence-electron chi connectivity index (χ4n) is 4.32. The second-order valence-corrected chi connectivity index (χ2v) is 5.28. The SMILES string of the molecule is CCC1CN2CCN3CCN4CCN1[C@@]342. The minimum Gasteiger partial charge on any atom is -0.257 e. The molecule has 84 valence electrons. The van der Waals surface area contributed by atoms with Crippen molar-refractivity contribution >= 4 is 0 Å². The molecule has 4 nitrogen and oxygen atoms in total.